The van der Waals surface area contributed by atoms with Crippen LogP contribution in [0.5, 0.6) is 5.88 Å². The lowest BCUT2D eigenvalue weighted by molar-refractivity contribution is -0.126. The first kappa shape index (κ1) is 28.6. The molecule has 214 valence electrons. The van der Waals surface area contributed by atoms with Crippen molar-refractivity contribution in [2.24, 2.45) is 17.3 Å². The standard InChI is InChI=1S/C32H41N3O4S/c1-22-7-9-24(10-8-22)30(36)35-26-20-25(11-14-32(2,3)4)40-29(26)31(37)39-28(35)13-18-38-27-19-23(12-15-33-27)21-34-16-5-6-17-34/h12,15,19-20,22,24,28H,5-10,13,16-18,21H2,1-4H3/t22-,24-,28-/m0/s1. The van der Waals surface area contributed by atoms with Gasteiger partial charge in [0.25, 0.3) is 0 Å². The highest BCUT2D eigenvalue weighted by molar-refractivity contribution is 7.15. The number of carbonyl (C=O) groups is 2. The quantitative estimate of drug-likeness (QED) is 0.292. The van der Waals surface area contributed by atoms with E-state index >= 15 is 0 Å². The van der Waals surface area contributed by atoms with E-state index < -0.39 is 12.2 Å². The Labute approximate surface area is 242 Å². The maximum atomic E-state index is 14.0. The van der Waals surface area contributed by atoms with Crippen molar-refractivity contribution in [3.8, 4) is 17.7 Å². The summed E-state index contributed by atoms with van der Waals surface area (Å²) < 4.78 is 11.9. The molecular weight excluding hydrogens is 522 g/mol. The van der Waals surface area contributed by atoms with Gasteiger partial charge >= 0.3 is 5.97 Å². The molecule has 1 amide bonds. The van der Waals surface area contributed by atoms with E-state index in [-0.39, 0.29) is 23.8 Å². The number of hydrogen-bond donors (Lipinski definition) is 0. The number of hydrogen-bond acceptors (Lipinski definition) is 7. The van der Waals surface area contributed by atoms with Gasteiger partial charge in [-0.25, -0.2) is 9.78 Å². The molecule has 40 heavy (non-hydrogen) atoms. The summed E-state index contributed by atoms with van der Waals surface area (Å²) in [4.78, 5) is 36.8. The second-order valence-electron chi connectivity index (χ2n) is 12.5. The minimum Gasteiger partial charge on any atom is -0.477 e. The van der Waals surface area contributed by atoms with Gasteiger partial charge in [0, 0.05) is 36.6 Å². The number of ether oxygens (including phenoxy) is 2. The minimum absolute atomic E-state index is 0.0320. The topological polar surface area (TPSA) is 72.0 Å². The van der Waals surface area contributed by atoms with E-state index in [2.05, 4.69) is 49.4 Å². The Morgan fingerprint density at radius 1 is 1.18 bits per heavy atom. The lowest BCUT2D eigenvalue weighted by Gasteiger charge is -2.38. The Hall–Kier alpha value is -2.89. The second-order valence-corrected chi connectivity index (χ2v) is 13.5. The summed E-state index contributed by atoms with van der Waals surface area (Å²) in [6.45, 7) is 11.8. The minimum atomic E-state index is -0.724. The highest BCUT2D eigenvalue weighted by Gasteiger charge is 2.41. The molecule has 0 radical (unpaired) electrons. The molecule has 2 aliphatic heterocycles. The maximum Gasteiger partial charge on any atom is 0.352 e. The lowest BCUT2D eigenvalue weighted by Crippen LogP contribution is -2.50. The molecule has 1 atom stereocenters. The van der Waals surface area contributed by atoms with Gasteiger partial charge in [-0.15, -0.1) is 11.3 Å². The molecule has 1 aliphatic carbocycles. The van der Waals surface area contributed by atoms with Crippen LogP contribution in [0.15, 0.2) is 24.4 Å². The molecule has 1 saturated heterocycles. The number of nitrogens with zero attached hydrogens (tertiary/aromatic N) is 3. The molecule has 4 heterocycles. The van der Waals surface area contributed by atoms with E-state index in [0.717, 1.165) is 50.2 Å². The predicted molar refractivity (Wildman–Crippen MR) is 157 cm³/mol. The number of aromatic nitrogens is 1. The first-order chi connectivity index (χ1) is 19.2. The zero-order chi connectivity index (χ0) is 28.3. The largest absolute Gasteiger partial charge is 0.477 e. The van der Waals surface area contributed by atoms with Gasteiger partial charge in [0.05, 0.1) is 17.2 Å². The van der Waals surface area contributed by atoms with Crippen LogP contribution in [0.2, 0.25) is 0 Å². The number of anilines is 1. The molecule has 8 heteroatoms. The van der Waals surface area contributed by atoms with Crippen LogP contribution < -0.4 is 9.64 Å². The summed E-state index contributed by atoms with van der Waals surface area (Å²) in [5, 5.41) is 0. The molecule has 0 spiro atoms. The van der Waals surface area contributed by atoms with Crippen LogP contribution in [0.1, 0.15) is 92.8 Å². The number of likely N-dealkylation sites (tertiary alicyclic amines) is 1. The summed E-state index contributed by atoms with van der Waals surface area (Å²) in [6.07, 6.45) is 7.70. The third-order valence-corrected chi connectivity index (χ3v) is 8.89. The lowest BCUT2D eigenvalue weighted by atomic mass is 9.82. The van der Waals surface area contributed by atoms with Gasteiger partial charge in [-0.05, 0) is 96.0 Å². The Kier molecular flexibility index (Phi) is 8.82. The smallest absolute Gasteiger partial charge is 0.352 e. The molecule has 2 fully saturated rings. The van der Waals surface area contributed by atoms with Crippen LogP contribution in [0, 0.1) is 29.1 Å². The Bertz CT molecular complexity index is 1270. The van der Waals surface area contributed by atoms with E-state index in [9.17, 15) is 9.59 Å². The summed E-state index contributed by atoms with van der Waals surface area (Å²) in [6, 6.07) is 5.89. The van der Waals surface area contributed by atoms with E-state index in [0.29, 0.717) is 28.8 Å². The molecule has 7 nitrogen and oxygen atoms in total. The molecule has 5 rings (SSSR count). The van der Waals surface area contributed by atoms with Gasteiger partial charge in [0.1, 0.15) is 4.88 Å². The van der Waals surface area contributed by atoms with Crippen LogP contribution in [0.3, 0.4) is 0 Å². The third-order valence-electron chi connectivity index (χ3n) is 7.87. The summed E-state index contributed by atoms with van der Waals surface area (Å²) in [5.41, 5.74) is 1.63. The van der Waals surface area contributed by atoms with Crippen LogP contribution in [-0.2, 0) is 16.1 Å². The number of amides is 1. The normalized spacial score (nSPS) is 23.2. The van der Waals surface area contributed by atoms with Crippen LogP contribution in [-0.4, -0.2) is 47.7 Å². The Balaban J connectivity index is 1.33. The number of cyclic esters (lactones) is 1. The fourth-order valence-electron chi connectivity index (χ4n) is 5.65. The zero-order valence-electron chi connectivity index (χ0n) is 24.2. The molecule has 0 bridgehead atoms. The van der Waals surface area contributed by atoms with Crippen molar-refractivity contribution in [1.29, 1.82) is 0 Å². The van der Waals surface area contributed by atoms with Gasteiger partial charge in [-0.1, -0.05) is 18.8 Å². The number of fused-ring (bicyclic) bond motifs is 1. The summed E-state index contributed by atoms with van der Waals surface area (Å²) in [7, 11) is 0. The van der Waals surface area contributed by atoms with Crippen LogP contribution >= 0.6 is 11.3 Å². The first-order valence-electron chi connectivity index (χ1n) is 14.7. The van der Waals surface area contributed by atoms with Gasteiger partial charge in [0.15, 0.2) is 6.23 Å². The van der Waals surface area contributed by atoms with Gasteiger partial charge in [-0.2, -0.15) is 0 Å². The van der Waals surface area contributed by atoms with E-state index in [4.69, 9.17) is 9.47 Å². The van der Waals surface area contributed by atoms with Gasteiger partial charge in [-0.3, -0.25) is 14.6 Å². The molecule has 3 aliphatic rings. The highest BCUT2D eigenvalue weighted by atomic mass is 32.1. The molecule has 0 unspecified atom stereocenters. The van der Waals surface area contributed by atoms with Gasteiger partial charge < -0.3 is 9.47 Å². The fourth-order valence-corrected chi connectivity index (χ4v) is 6.53. The summed E-state index contributed by atoms with van der Waals surface area (Å²) in [5.74, 6) is 7.19. The highest BCUT2D eigenvalue weighted by Crippen LogP contribution is 2.40. The SMILES string of the molecule is CC(C)(C)C#Cc1cc2c(s1)C(=O)O[C@@H](CCOc1cc(CN3CCCC3)ccn1)N2C(=O)[C@H]1CC[C@H](C)CC1. The zero-order valence-corrected chi connectivity index (χ0v) is 25.0. The monoisotopic (exact) mass is 563 g/mol. The number of esters is 1. The first-order valence-corrected chi connectivity index (χ1v) is 15.5. The maximum absolute atomic E-state index is 14.0. The number of rotatable bonds is 7. The Morgan fingerprint density at radius 2 is 1.93 bits per heavy atom. The van der Waals surface area contributed by atoms with Crippen molar-refractivity contribution < 1.29 is 19.1 Å². The fraction of sp³-hybridized carbons (Fsp3) is 0.594. The van der Waals surface area contributed by atoms with E-state index in [1.54, 1.807) is 11.1 Å². The summed E-state index contributed by atoms with van der Waals surface area (Å²) >= 11 is 1.30. The number of carbonyl (C=O) groups excluding carboxylic acids is 2. The number of thiophene rings is 1. The van der Waals surface area contributed by atoms with Crippen LogP contribution in [0.25, 0.3) is 0 Å². The van der Waals surface area contributed by atoms with Crippen molar-refractivity contribution >= 4 is 28.9 Å². The average molecular weight is 564 g/mol. The van der Waals surface area contributed by atoms with Crippen molar-refractivity contribution in [3.63, 3.8) is 0 Å². The molecule has 2 aromatic heterocycles. The van der Waals surface area contributed by atoms with Crippen LogP contribution in [0.4, 0.5) is 5.69 Å². The molecule has 2 aromatic rings. The molecule has 0 N–H and O–H groups in total. The van der Waals surface area contributed by atoms with Gasteiger partial charge in [0.2, 0.25) is 11.8 Å². The van der Waals surface area contributed by atoms with Crippen molar-refractivity contribution in [3.05, 3.63) is 39.7 Å². The van der Waals surface area contributed by atoms with Crippen molar-refractivity contribution in [1.82, 2.24) is 9.88 Å². The van der Waals surface area contributed by atoms with Crippen molar-refractivity contribution in [2.75, 3.05) is 24.6 Å². The second kappa shape index (κ2) is 12.3. The Morgan fingerprint density at radius 3 is 2.65 bits per heavy atom. The van der Waals surface area contributed by atoms with E-state index in [1.165, 1.54) is 29.7 Å². The predicted octanol–water partition coefficient (Wildman–Crippen LogP) is 6.26. The third kappa shape index (κ3) is 7.05. The van der Waals surface area contributed by atoms with E-state index in [1.807, 2.05) is 18.2 Å². The average Bonchev–Trinajstić information content (AvgIpc) is 3.58. The van der Waals surface area contributed by atoms with Crippen molar-refractivity contribution in [2.45, 2.75) is 85.4 Å². The molecule has 1 saturated carbocycles. The number of pyridine rings is 1. The molecule has 0 aromatic carbocycles. The molecular formula is C32H41N3O4S.